The average molecular weight is 267 g/mol. The maximum Gasteiger partial charge on any atom is 0.0536 e. The van der Waals surface area contributed by atoms with Gasteiger partial charge in [0, 0.05) is 31.7 Å². The van der Waals surface area contributed by atoms with Crippen LogP contribution in [-0.4, -0.2) is 38.0 Å². The Kier molecular flexibility index (Phi) is 5.43. The summed E-state index contributed by atoms with van der Waals surface area (Å²) in [7, 11) is 0. The highest BCUT2D eigenvalue weighted by Gasteiger charge is 2.34. The van der Waals surface area contributed by atoms with Crippen molar-refractivity contribution in [1.29, 1.82) is 0 Å². The number of hydrogen-bond donors (Lipinski definition) is 2. The van der Waals surface area contributed by atoms with Gasteiger partial charge in [-0.05, 0) is 44.4 Å². The largest absolute Gasteiger partial charge is 0.396 e. The molecule has 110 valence electrons. The topological polar surface area (TPSA) is 41.5 Å². The lowest BCUT2D eigenvalue weighted by Crippen LogP contribution is -2.39. The van der Waals surface area contributed by atoms with Gasteiger partial charge in [0.2, 0.25) is 0 Å². The van der Waals surface area contributed by atoms with Crippen LogP contribution in [0.25, 0.3) is 0 Å². The first kappa shape index (κ1) is 15.0. The third kappa shape index (κ3) is 3.80. The fourth-order valence-corrected chi connectivity index (χ4v) is 3.54. The third-order valence-electron chi connectivity index (χ3n) is 5.05. The Labute approximate surface area is 117 Å². The molecule has 2 rings (SSSR count). The molecule has 1 fully saturated rings. The van der Waals surface area contributed by atoms with E-state index in [1.165, 1.54) is 12.8 Å². The molecular formula is C16H29NO2. The summed E-state index contributed by atoms with van der Waals surface area (Å²) in [6, 6.07) is 0. The van der Waals surface area contributed by atoms with Crippen molar-refractivity contribution < 1.29 is 9.84 Å². The smallest absolute Gasteiger partial charge is 0.0536 e. The van der Waals surface area contributed by atoms with E-state index < -0.39 is 0 Å². The summed E-state index contributed by atoms with van der Waals surface area (Å²) >= 11 is 0. The van der Waals surface area contributed by atoms with Gasteiger partial charge in [0.15, 0.2) is 0 Å². The summed E-state index contributed by atoms with van der Waals surface area (Å²) < 4.78 is 5.54. The normalized spacial score (nSPS) is 35.4. The van der Waals surface area contributed by atoms with Gasteiger partial charge >= 0.3 is 0 Å². The Morgan fingerprint density at radius 1 is 1.53 bits per heavy atom. The van der Waals surface area contributed by atoms with Crippen LogP contribution >= 0.6 is 0 Å². The van der Waals surface area contributed by atoms with Crippen LogP contribution in [0.5, 0.6) is 0 Å². The molecule has 0 bridgehead atoms. The fourth-order valence-electron chi connectivity index (χ4n) is 3.54. The zero-order valence-corrected chi connectivity index (χ0v) is 12.5. The molecule has 0 amide bonds. The van der Waals surface area contributed by atoms with E-state index in [0.29, 0.717) is 5.92 Å². The predicted molar refractivity (Wildman–Crippen MR) is 78.1 cm³/mol. The second kappa shape index (κ2) is 6.87. The lowest BCUT2D eigenvalue weighted by molar-refractivity contribution is 0.123. The Morgan fingerprint density at radius 3 is 3.00 bits per heavy atom. The summed E-state index contributed by atoms with van der Waals surface area (Å²) in [6.45, 7) is 8.59. The highest BCUT2D eigenvalue weighted by Crippen LogP contribution is 2.33. The average Bonchev–Trinajstić information content (AvgIpc) is 2.82. The first-order valence-corrected chi connectivity index (χ1v) is 7.73. The van der Waals surface area contributed by atoms with Gasteiger partial charge in [0.05, 0.1) is 6.61 Å². The molecule has 1 heterocycles. The van der Waals surface area contributed by atoms with E-state index in [9.17, 15) is 5.11 Å². The molecule has 1 aliphatic carbocycles. The summed E-state index contributed by atoms with van der Waals surface area (Å²) in [4.78, 5) is 0. The standard InChI is InChI=1S/C16H29NO2/c1-13-4-3-5-14(2)15(13)10-17-11-16(6-8-18)7-9-19-12-16/h4,14-15,17-18H,3,5-12H2,1-2H3/t14-,15-,16-/m0/s1. The number of aliphatic hydroxyl groups excluding tert-OH is 1. The molecular weight excluding hydrogens is 238 g/mol. The van der Waals surface area contributed by atoms with Crippen LogP contribution in [0.15, 0.2) is 11.6 Å². The highest BCUT2D eigenvalue weighted by atomic mass is 16.5. The van der Waals surface area contributed by atoms with Crippen LogP contribution < -0.4 is 5.32 Å². The fraction of sp³-hybridized carbons (Fsp3) is 0.875. The van der Waals surface area contributed by atoms with E-state index in [1.807, 2.05) is 0 Å². The number of allylic oxidation sites excluding steroid dienone is 1. The van der Waals surface area contributed by atoms with Crippen molar-refractivity contribution in [2.45, 2.75) is 39.5 Å². The van der Waals surface area contributed by atoms with E-state index in [-0.39, 0.29) is 12.0 Å². The van der Waals surface area contributed by atoms with Crippen molar-refractivity contribution in [2.24, 2.45) is 17.3 Å². The molecule has 2 aliphatic rings. The quantitative estimate of drug-likeness (QED) is 0.726. The lowest BCUT2D eigenvalue weighted by Gasteiger charge is -2.32. The molecule has 0 aromatic heterocycles. The van der Waals surface area contributed by atoms with Crippen molar-refractivity contribution in [2.75, 3.05) is 32.9 Å². The first-order valence-electron chi connectivity index (χ1n) is 7.73. The van der Waals surface area contributed by atoms with Crippen molar-refractivity contribution in [3.8, 4) is 0 Å². The van der Waals surface area contributed by atoms with Gasteiger partial charge in [0.25, 0.3) is 0 Å². The zero-order chi connectivity index (χ0) is 13.7. The Hall–Kier alpha value is -0.380. The molecule has 19 heavy (non-hydrogen) atoms. The summed E-state index contributed by atoms with van der Waals surface area (Å²) in [6.07, 6.45) is 6.89. The number of aliphatic hydroxyl groups is 1. The SMILES string of the molecule is CC1=CCC[C@H](C)[C@H]1CNC[C@]1(CCO)CCOC1. The van der Waals surface area contributed by atoms with Crippen molar-refractivity contribution >= 4 is 0 Å². The molecule has 3 heteroatoms. The van der Waals surface area contributed by atoms with Gasteiger partial charge in [-0.15, -0.1) is 0 Å². The molecule has 0 spiro atoms. The molecule has 0 aromatic rings. The summed E-state index contributed by atoms with van der Waals surface area (Å²) in [5, 5.41) is 12.9. The van der Waals surface area contributed by atoms with Crippen LogP contribution in [-0.2, 0) is 4.74 Å². The monoisotopic (exact) mass is 267 g/mol. The molecule has 2 N–H and O–H groups in total. The Morgan fingerprint density at radius 2 is 2.37 bits per heavy atom. The molecule has 0 saturated carbocycles. The maximum absolute atomic E-state index is 9.23. The second-order valence-electron chi connectivity index (χ2n) is 6.52. The van der Waals surface area contributed by atoms with E-state index >= 15 is 0 Å². The number of ether oxygens (including phenoxy) is 1. The zero-order valence-electron chi connectivity index (χ0n) is 12.5. The van der Waals surface area contributed by atoms with E-state index in [4.69, 9.17) is 4.74 Å². The van der Waals surface area contributed by atoms with Gasteiger partial charge in [-0.1, -0.05) is 18.6 Å². The van der Waals surface area contributed by atoms with Crippen molar-refractivity contribution in [1.82, 2.24) is 5.32 Å². The third-order valence-corrected chi connectivity index (χ3v) is 5.05. The second-order valence-corrected chi connectivity index (χ2v) is 6.52. The van der Waals surface area contributed by atoms with Crippen molar-refractivity contribution in [3.05, 3.63) is 11.6 Å². The Balaban J connectivity index is 1.81. The van der Waals surface area contributed by atoms with E-state index in [0.717, 1.165) is 45.1 Å². The molecule has 1 saturated heterocycles. The molecule has 3 atom stereocenters. The van der Waals surface area contributed by atoms with Crippen LogP contribution in [0.1, 0.15) is 39.5 Å². The minimum absolute atomic E-state index is 0.171. The van der Waals surface area contributed by atoms with Crippen LogP contribution in [0.3, 0.4) is 0 Å². The highest BCUT2D eigenvalue weighted by molar-refractivity contribution is 5.09. The summed E-state index contributed by atoms with van der Waals surface area (Å²) in [5.74, 6) is 1.47. The molecule has 3 nitrogen and oxygen atoms in total. The maximum atomic E-state index is 9.23. The molecule has 0 radical (unpaired) electrons. The van der Waals surface area contributed by atoms with Crippen LogP contribution in [0.4, 0.5) is 0 Å². The van der Waals surface area contributed by atoms with Gasteiger partial charge in [-0.3, -0.25) is 0 Å². The molecule has 0 unspecified atom stereocenters. The van der Waals surface area contributed by atoms with Crippen LogP contribution in [0.2, 0.25) is 0 Å². The van der Waals surface area contributed by atoms with Gasteiger partial charge in [-0.25, -0.2) is 0 Å². The predicted octanol–water partition coefficient (Wildman–Crippen LogP) is 2.36. The molecule has 1 aliphatic heterocycles. The van der Waals surface area contributed by atoms with Crippen LogP contribution in [0, 0.1) is 17.3 Å². The first-order chi connectivity index (χ1) is 9.17. The van der Waals surface area contributed by atoms with E-state index in [1.54, 1.807) is 5.57 Å². The number of rotatable bonds is 6. The minimum atomic E-state index is 0.171. The summed E-state index contributed by atoms with van der Waals surface area (Å²) in [5.41, 5.74) is 1.72. The molecule has 0 aromatic carbocycles. The van der Waals surface area contributed by atoms with Crippen molar-refractivity contribution in [3.63, 3.8) is 0 Å². The van der Waals surface area contributed by atoms with Gasteiger partial charge in [-0.2, -0.15) is 0 Å². The van der Waals surface area contributed by atoms with Gasteiger partial charge < -0.3 is 15.2 Å². The number of hydrogen-bond acceptors (Lipinski definition) is 3. The minimum Gasteiger partial charge on any atom is -0.396 e. The Bertz CT molecular complexity index is 308. The number of nitrogens with one attached hydrogen (secondary N) is 1. The van der Waals surface area contributed by atoms with E-state index in [2.05, 4.69) is 25.2 Å². The lowest BCUT2D eigenvalue weighted by atomic mass is 9.79. The van der Waals surface area contributed by atoms with Gasteiger partial charge in [0.1, 0.15) is 0 Å².